The molecule has 0 amide bonds. The van der Waals surface area contributed by atoms with Crippen LogP contribution in [0.25, 0.3) is 0 Å². The molecule has 0 aliphatic heterocycles. The molecular formula is C12H15N3O. The van der Waals surface area contributed by atoms with Crippen LogP contribution in [0.4, 0.5) is 0 Å². The summed E-state index contributed by atoms with van der Waals surface area (Å²) in [4.78, 5) is 5.36. The minimum Gasteiger partial charge on any atom is -0.297 e. The highest BCUT2D eigenvalue weighted by Gasteiger charge is 1.97. The standard InChI is InChI=1S/C12H15N3O/c1-15-12(7-8-13-15)9-14-16-10-11-5-3-2-4-6-11/h2-8,14H,9-10H2,1H3. The van der Waals surface area contributed by atoms with Gasteiger partial charge in [0.15, 0.2) is 0 Å². The van der Waals surface area contributed by atoms with Gasteiger partial charge in [-0.1, -0.05) is 30.3 Å². The summed E-state index contributed by atoms with van der Waals surface area (Å²) in [5.41, 5.74) is 5.16. The van der Waals surface area contributed by atoms with E-state index in [9.17, 15) is 0 Å². The van der Waals surface area contributed by atoms with E-state index < -0.39 is 0 Å². The Morgan fingerprint density at radius 3 is 2.75 bits per heavy atom. The fourth-order valence-corrected chi connectivity index (χ4v) is 1.41. The summed E-state index contributed by atoms with van der Waals surface area (Å²) in [5.74, 6) is 0. The largest absolute Gasteiger partial charge is 0.297 e. The first-order valence-electron chi connectivity index (χ1n) is 5.22. The van der Waals surface area contributed by atoms with E-state index in [0.29, 0.717) is 13.2 Å². The van der Waals surface area contributed by atoms with Gasteiger partial charge in [0, 0.05) is 13.2 Å². The van der Waals surface area contributed by atoms with Gasteiger partial charge in [0.1, 0.15) is 0 Å². The van der Waals surface area contributed by atoms with Crippen molar-refractivity contribution in [3.63, 3.8) is 0 Å². The summed E-state index contributed by atoms with van der Waals surface area (Å²) >= 11 is 0. The quantitative estimate of drug-likeness (QED) is 0.611. The van der Waals surface area contributed by atoms with Gasteiger partial charge >= 0.3 is 0 Å². The van der Waals surface area contributed by atoms with E-state index in [4.69, 9.17) is 4.84 Å². The van der Waals surface area contributed by atoms with Crippen LogP contribution in [0.2, 0.25) is 0 Å². The first-order chi connectivity index (χ1) is 7.86. The summed E-state index contributed by atoms with van der Waals surface area (Å²) in [6, 6.07) is 12.0. The van der Waals surface area contributed by atoms with Gasteiger partial charge in [-0.05, 0) is 11.6 Å². The average molecular weight is 217 g/mol. The molecule has 1 aromatic heterocycles. The summed E-state index contributed by atoms with van der Waals surface area (Å²) in [6.07, 6.45) is 1.77. The molecule has 0 aliphatic carbocycles. The van der Waals surface area contributed by atoms with Crippen LogP contribution >= 0.6 is 0 Å². The molecule has 2 aromatic rings. The van der Waals surface area contributed by atoms with E-state index in [1.165, 1.54) is 0 Å². The molecule has 1 heterocycles. The zero-order valence-electron chi connectivity index (χ0n) is 9.26. The first-order valence-corrected chi connectivity index (χ1v) is 5.22. The fourth-order valence-electron chi connectivity index (χ4n) is 1.41. The van der Waals surface area contributed by atoms with Crippen LogP contribution in [0.5, 0.6) is 0 Å². The lowest BCUT2D eigenvalue weighted by molar-refractivity contribution is 0.0223. The van der Waals surface area contributed by atoms with Crippen LogP contribution in [-0.4, -0.2) is 9.78 Å². The molecule has 4 heteroatoms. The number of aromatic nitrogens is 2. The molecule has 0 saturated heterocycles. The minimum absolute atomic E-state index is 0.568. The Kier molecular flexibility index (Phi) is 3.69. The number of nitrogens with one attached hydrogen (secondary N) is 1. The van der Waals surface area contributed by atoms with E-state index in [0.717, 1.165) is 11.3 Å². The van der Waals surface area contributed by atoms with Gasteiger partial charge in [0.25, 0.3) is 0 Å². The van der Waals surface area contributed by atoms with Gasteiger partial charge in [-0.3, -0.25) is 9.52 Å². The number of hydrogen-bond donors (Lipinski definition) is 1. The molecule has 2 rings (SSSR count). The maximum atomic E-state index is 5.36. The van der Waals surface area contributed by atoms with Crippen LogP contribution in [0.15, 0.2) is 42.6 Å². The Morgan fingerprint density at radius 1 is 1.25 bits per heavy atom. The van der Waals surface area contributed by atoms with E-state index in [-0.39, 0.29) is 0 Å². The van der Waals surface area contributed by atoms with Crippen molar-refractivity contribution in [2.45, 2.75) is 13.2 Å². The van der Waals surface area contributed by atoms with Crippen molar-refractivity contribution >= 4 is 0 Å². The third-order valence-electron chi connectivity index (χ3n) is 2.36. The van der Waals surface area contributed by atoms with Crippen molar-refractivity contribution in [2.75, 3.05) is 0 Å². The fraction of sp³-hybridized carbons (Fsp3) is 0.250. The Morgan fingerprint density at radius 2 is 2.06 bits per heavy atom. The normalized spacial score (nSPS) is 10.6. The molecule has 84 valence electrons. The molecule has 1 aromatic carbocycles. The second-order valence-electron chi connectivity index (χ2n) is 3.54. The molecular weight excluding hydrogens is 202 g/mol. The molecule has 0 fully saturated rings. The average Bonchev–Trinajstić information content (AvgIpc) is 2.72. The lowest BCUT2D eigenvalue weighted by Crippen LogP contribution is -2.16. The van der Waals surface area contributed by atoms with Crippen LogP contribution < -0.4 is 5.48 Å². The summed E-state index contributed by atoms with van der Waals surface area (Å²) in [5, 5.41) is 4.07. The van der Waals surface area contributed by atoms with Gasteiger partial charge in [-0.25, -0.2) is 0 Å². The van der Waals surface area contributed by atoms with Gasteiger partial charge in [0.2, 0.25) is 0 Å². The predicted octanol–water partition coefficient (Wildman–Crippen LogP) is 1.64. The van der Waals surface area contributed by atoms with Crippen molar-refractivity contribution in [3.05, 3.63) is 53.9 Å². The van der Waals surface area contributed by atoms with Crippen LogP contribution in [0.1, 0.15) is 11.3 Å². The Hall–Kier alpha value is -1.65. The monoisotopic (exact) mass is 217 g/mol. The minimum atomic E-state index is 0.568. The summed E-state index contributed by atoms with van der Waals surface area (Å²) < 4.78 is 1.82. The predicted molar refractivity (Wildman–Crippen MR) is 61.3 cm³/mol. The molecule has 0 saturated carbocycles. The van der Waals surface area contributed by atoms with Gasteiger partial charge < -0.3 is 0 Å². The number of hydroxylamine groups is 1. The highest BCUT2D eigenvalue weighted by molar-refractivity contribution is 5.13. The van der Waals surface area contributed by atoms with Crippen molar-refractivity contribution in [1.29, 1.82) is 0 Å². The van der Waals surface area contributed by atoms with E-state index in [1.807, 2.05) is 48.1 Å². The second kappa shape index (κ2) is 5.44. The van der Waals surface area contributed by atoms with Crippen LogP contribution in [0.3, 0.4) is 0 Å². The SMILES string of the molecule is Cn1nccc1CNOCc1ccccc1. The zero-order chi connectivity index (χ0) is 11.2. The molecule has 0 spiro atoms. The third-order valence-corrected chi connectivity index (χ3v) is 2.36. The lowest BCUT2D eigenvalue weighted by Gasteiger charge is -2.06. The van der Waals surface area contributed by atoms with Crippen molar-refractivity contribution < 1.29 is 4.84 Å². The van der Waals surface area contributed by atoms with E-state index in [1.54, 1.807) is 6.20 Å². The number of benzene rings is 1. The van der Waals surface area contributed by atoms with Crippen molar-refractivity contribution in [3.8, 4) is 0 Å². The van der Waals surface area contributed by atoms with Crippen molar-refractivity contribution in [2.24, 2.45) is 7.05 Å². The third kappa shape index (κ3) is 2.92. The van der Waals surface area contributed by atoms with Gasteiger partial charge in [-0.2, -0.15) is 10.6 Å². The van der Waals surface area contributed by atoms with E-state index in [2.05, 4.69) is 10.6 Å². The molecule has 0 aliphatic rings. The Labute approximate surface area is 94.8 Å². The molecule has 4 nitrogen and oxygen atoms in total. The second-order valence-corrected chi connectivity index (χ2v) is 3.54. The topological polar surface area (TPSA) is 39.1 Å². The van der Waals surface area contributed by atoms with Crippen LogP contribution in [-0.2, 0) is 25.0 Å². The molecule has 0 atom stereocenters. The lowest BCUT2D eigenvalue weighted by atomic mass is 10.2. The first kappa shape index (κ1) is 10.9. The summed E-state index contributed by atoms with van der Waals surface area (Å²) in [7, 11) is 1.91. The maximum absolute atomic E-state index is 5.36. The number of aryl methyl sites for hydroxylation is 1. The molecule has 16 heavy (non-hydrogen) atoms. The van der Waals surface area contributed by atoms with Gasteiger partial charge in [-0.15, -0.1) is 0 Å². The Bertz CT molecular complexity index is 425. The number of nitrogens with zero attached hydrogens (tertiary/aromatic N) is 2. The van der Waals surface area contributed by atoms with Gasteiger partial charge in [0.05, 0.1) is 18.8 Å². The maximum Gasteiger partial charge on any atom is 0.0933 e. The molecule has 0 radical (unpaired) electrons. The van der Waals surface area contributed by atoms with Crippen molar-refractivity contribution in [1.82, 2.24) is 15.3 Å². The molecule has 1 N–H and O–H groups in total. The smallest absolute Gasteiger partial charge is 0.0933 e. The zero-order valence-corrected chi connectivity index (χ0v) is 9.26. The number of hydrogen-bond acceptors (Lipinski definition) is 3. The highest BCUT2D eigenvalue weighted by Crippen LogP contribution is 2.00. The molecule has 0 bridgehead atoms. The molecule has 0 unspecified atom stereocenters. The Balaban J connectivity index is 1.72. The number of rotatable bonds is 5. The highest BCUT2D eigenvalue weighted by atomic mass is 16.6. The summed E-state index contributed by atoms with van der Waals surface area (Å²) in [6.45, 7) is 1.22. The van der Waals surface area contributed by atoms with E-state index >= 15 is 0 Å². The van der Waals surface area contributed by atoms with Crippen LogP contribution in [0, 0.1) is 0 Å².